The first-order valence-electron chi connectivity index (χ1n) is 8.11. The van der Waals surface area contributed by atoms with Gasteiger partial charge in [-0.15, -0.1) is 0 Å². The Balaban J connectivity index is 1.69. The zero-order valence-corrected chi connectivity index (χ0v) is 14.0. The molecule has 128 valence electrons. The van der Waals surface area contributed by atoms with Crippen LogP contribution in [0.25, 0.3) is 11.5 Å². The smallest absolute Gasteiger partial charge is 0.280 e. The van der Waals surface area contributed by atoms with E-state index < -0.39 is 0 Å². The number of rotatable bonds is 2. The van der Waals surface area contributed by atoms with Crippen molar-refractivity contribution in [2.45, 2.75) is 19.8 Å². The summed E-state index contributed by atoms with van der Waals surface area (Å²) >= 11 is 0. The largest absolute Gasteiger partial charge is 0.354 e. The number of hydrogen-bond acceptors (Lipinski definition) is 4. The molecule has 7 heteroatoms. The van der Waals surface area contributed by atoms with Crippen LogP contribution in [0.15, 0.2) is 35.0 Å². The lowest BCUT2D eigenvalue weighted by Crippen LogP contribution is -2.36. The number of carbonyl (C=O) groups excluding carboxylic acids is 1. The van der Waals surface area contributed by atoms with E-state index in [1.165, 1.54) is 11.0 Å². The Kier molecular flexibility index (Phi) is 3.63. The summed E-state index contributed by atoms with van der Waals surface area (Å²) in [6, 6.07) is 6.47. The second-order valence-electron chi connectivity index (χ2n) is 6.20. The number of benzene rings is 1. The molecule has 0 N–H and O–H groups in total. The van der Waals surface area contributed by atoms with Crippen LogP contribution in [-0.4, -0.2) is 27.4 Å². The van der Waals surface area contributed by atoms with Crippen LogP contribution in [0.3, 0.4) is 0 Å². The molecule has 6 nitrogen and oxygen atoms in total. The molecule has 0 saturated heterocycles. The minimum atomic E-state index is -0.387. The van der Waals surface area contributed by atoms with Gasteiger partial charge in [0.1, 0.15) is 11.5 Å². The third-order valence-corrected chi connectivity index (χ3v) is 4.49. The zero-order valence-electron chi connectivity index (χ0n) is 14.0. The molecule has 1 aliphatic heterocycles. The van der Waals surface area contributed by atoms with Gasteiger partial charge in [0.05, 0.1) is 5.69 Å². The number of aromatic nitrogens is 3. The molecule has 1 aromatic carbocycles. The summed E-state index contributed by atoms with van der Waals surface area (Å²) in [7, 11) is 1.79. The van der Waals surface area contributed by atoms with E-state index >= 15 is 0 Å². The Morgan fingerprint density at radius 2 is 2.16 bits per heavy atom. The summed E-state index contributed by atoms with van der Waals surface area (Å²) in [6.07, 6.45) is 3.33. The van der Waals surface area contributed by atoms with Crippen LogP contribution in [-0.2, 0) is 13.5 Å². The topological polar surface area (TPSA) is 64.2 Å². The van der Waals surface area contributed by atoms with Crippen molar-refractivity contribution in [2.24, 2.45) is 7.05 Å². The van der Waals surface area contributed by atoms with Gasteiger partial charge in [0.15, 0.2) is 11.5 Å². The second-order valence-corrected chi connectivity index (χ2v) is 6.20. The Bertz CT molecular complexity index is 960. The normalized spacial score (nSPS) is 13.8. The summed E-state index contributed by atoms with van der Waals surface area (Å²) in [4.78, 5) is 14.3. The third kappa shape index (κ3) is 2.61. The van der Waals surface area contributed by atoms with E-state index in [1.807, 2.05) is 6.92 Å². The first-order chi connectivity index (χ1) is 12.0. The van der Waals surface area contributed by atoms with E-state index in [2.05, 4.69) is 10.3 Å². The zero-order chi connectivity index (χ0) is 17.6. The standard InChI is InChI=1S/C18H17FN4O2/c1-11-5-6-13(19)17-12(11)4-3-8-23(17)18(24)15-10-16(25-21-15)14-7-9-22(2)20-14/h5-7,9-10H,3-4,8H2,1-2H3. The maximum absolute atomic E-state index is 14.4. The predicted octanol–water partition coefficient (Wildman–Crippen LogP) is 3.12. The fraction of sp³-hybridized carbons (Fsp3) is 0.278. The monoisotopic (exact) mass is 340 g/mol. The number of halogens is 1. The molecule has 2 aromatic heterocycles. The number of hydrogen-bond donors (Lipinski definition) is 0. The van der Waals surface area contributed by atoms with Crippen LogP contribution in [0.1, 0.15) is 28.0 Å². The van der Waals surface area contributed by atoms with Gasteiger partial charge < -0.3 is 9.42 Å². The molecule has 0 atom stereocenters. The Morgan fingerprint density at radius 3 is 2.92 bits per heavy atom. The molecule has 0 unspecified atom stereocenters. The average Bonchev–Trinajstić information content (AvgIpc) is 3.26. The molecular weight excluding hydrogens is 323 g/mol. The van der Waals surface area contributed by atoms with Gasteiger partial charge in [-0.05, 0) is 43.0 Å². The van der Waals surface area contributed by atoms with Crippen molar-refractivity contribution in [3.63, 3.8) is 0 Å². The highest BCUT2D eigenvalue weighted by atomic mass is 19.1. The third-order valence-electron chi connectivity index (χ3n) is 4.49. The SMILES string of the molecule is Cc1ccc(F)c2c1CCCN2C(=O)c1cc(-c2ccn(C)n2)on1. The Hall–Kier alpha value is -2.96. The van der Waals surface area contributed by atoms with Gasteiger partial charge in [-0.25, -0.2) is 4.39 Å². The Morgan fingerprint density at radius 1 is 1.32 bits per heavy atom. The first kappa shape index (κ1) is 15.6. The molecule has 1 amide bonds. The minimum Gasteiger partial charge on any atom is -0.354 e. The Labute approximate surface area is 143 Å². The lowest BCUT2D eigenvalue weighted by molar-refractivity contribution is 0.0975. The highest BCUT2D eigenvalue weighted by Gasteiger charge is 2.29. The minimum absolute atomic E-state index is 0.148. The molecule has 0 saturated carbocycles. The predicted molar refractivity (Wildman–Crippen MR) is 89.8 cm³/mol. The number of anilines is 1. The molecule has 0 fully saturated rings. The van der Waals surface area contributed by atoms with Crippen LogP contribution >= 0.6 is 0 Å². The van der Waals surface area contributed by atoms with Gasteiger partial charge in [0.2, 0.25) is 0 Å². The summed E-state index contributed by atoms with van der Waals surface area (Å²) < 4.78 is 21.3. The summed E-state index contributed by atoms with van der Waals surface area (Å²) in [5.74, 6) is -0.343. The number of fused-ring (bicyclic) bond motifs is 1. The van der Waals surface area contributed by atoms with Crippen molar-refractivity contribution in [3.8, 4) is 11.5 Å². The summed E-state index contributed by atoms with van der Waals surface area (Å²) in [5, 5.41) is 8.09. The van der Waals surface area contributed by atoms with Crippen molar-refractivity contribution in [2.75, 3.05) is 11.4 Å². The van der Waals surface area contributed by atoms with E-state index in [0.29, 0.717) is 23.7 Å². The van der Waals surface area contributed by atoms with Gasteiger partial charge in [-0.1, -0.05) is 11.2 Å². The van der Waals surface area contributed by atoms with E-state index in [-0.39, 0.29) is 17.4 Å². The van der Waals surface area contributed by atoms with E-state index in [9.17, 15) is 9.18 Å². The van der Waals surface area contributed by atoms with Gasteiger partial charge in [-0.3, -0.25) is 9.48 Å². The quantitative estimate of drug-likeness (QED) is 0.719. The molecular formula is C18H17FN4O2. The molecule has 0 bridgehead atoms. The number of carbonyl (C=O) groups is 1. The van der Waals surface area contributed by atoms with Gasteiger partial charge in [0, 0.05) is 25.9 Å². The highest BCUT2D eigenvalue weighted by molar-refractivity contribution is 6.06. The summed E-state index contributed by atoms with van der Waals surface area (Å²) in [6.45, 7) is 2.39. The molecule has 0 aliphatic carbocycles. The molecule has 3 heterocycles. The number of nitrogens with zero attached hydrogens (tertiary/aromatic N) is 4. The summed E-state index contributed by atoms with van der Waals surface area (Å²) in [5.41, 5.74) is 2.97. The van der Waals surface area contributed by atoms with Crippen molar-refractivity contribution < 1.29 is 13.7 Å². The van der Waals surface area contributed by atoms with Crippen molar-refractivity contribution in [1.82, 2.24) is 14.9 Å². The highest BCUT2D eigenvalue weighted by Crippen LogP contribution is 2.33. The number of aryl methyl sites for hydroxylation is 2. The van der Waals surface area contributed by atoms with E-state index in [1.54, 1.807) is 36.1 Å². The maximum Gasteiger partial charge on any atom is 0.280 e. The number of amides is 1. The van der Waals surface area contributed by atoms with Crippen LogP contribution in [0, 0.1) is 12.7 Å². The van der Waals surface area contributed by atoms with Crippen LogP contribution in [0.2, 0.25) is 0 Å². The maximum atomic E-state index is 14.4. The molecule has 0 spiro atoms. The molecule has 4 rings (SSSR count). The molecule has 3 aromatic rings. The lowest BCUT2D eigenvalue weighted by atomic mass is 9.96. The van der Waals surface area contributed by atoms with Gasteiger partial charge >= 0.3 is 0 Å². The first-order valence-corrected chi connectivity index (χ1v) is 8.11. The van der Waals surface area contributed by atoms with Crippen LogP contribution in [0.5, 0.6) is 0 Å². The van der Waals surface area contributed by atoms with Crippen LogP contribution in [0.4, 0.5) is 10.1 Å². The van der Waals surface area contributed by atoms with Crippen molar-refractivity contribution in [1.29, 1.82) is 0 Å². The van der Waals surface area contributed by atoms with E-state index in [0.717, 1.165) is 24.0 Å². The lowest BCUT2D eigenvalue weighted by Gasteiger charge is -2.30. The van der Waals surface area contributed by atoms with Crippen molar-refractivity contribution in [3.05, 3.63) is 53.1 Å². The molecule has 0 radical (unpaired) electrons. The molecule has 25 heavy (non-hydrogen) atoms. The van der Waals surface area contributed by atoms with Crippen molar-refractivity contribution >= 4 is 11.6 Å². The van der Waals surface area contributed by atoms with Gasteiger partial charge in [-0.2, -0.15) is 5.10 Å². The van der Waals surface area contributed by atoms with Crippen LogP contribution < -0.4 is 4.90 Å². The fourth-order valence-corrected chi connectivity index (χ4v) is 3.23. The average molecular weight is 340 g/mol. The van der Waals surface area contributed by atoms with E-state index in [4.69, 9.17) is 4.52 Å². The van der Waals surface area contributed by atoms with Gasteiger partial charge in [0.25, 0.3) is 5.91 Å². The molecule has 1 aliphatic rings. The second kappa shape index (κ2) is 5.84. The fourth-order valence-electron chi connectivity index (χ4n) is 3.23.